The predicted octanol–water partition coefficient (Wildman–Crippen LogP) is 3.63. The maximum absolute atomic E-state index is 4.35. The van der Waals surface area contributed by atoms with Crippen molar-refractivity contribution in [3.05, 3.63) is 41.7 Å². The fraction of sp³-hybridized carbons (Fsp3) is 0.444. The summed E-state index contributed by atoms with van der Waals surface area (Å²) in [6.07, 6.45) is 1.59. The van der Waals surface area contributed by atoms with E-state index < -0.39 is 0 Å². The first-order valence-corrected chi connectivity index (χ1v) is 8.04. The average molecular weight is 313 g/mol. The Morgan fingerprint density at radius 1 is 1.13 bits per heavy atom. The fourth-order valence-corrected chi connectivity index (χ4v) is 2.40. The van der Waals surface area contributed by atoms with Crippen LogP contribution in [0.25, 0.3) is 0 Å². The molecule has 0 spiro atoms. The van der Waals surface area contributed by atoms with Crippen LogP contribution in [0.4, 0.5) is 17.3 Å². The van der Waals surface area contributed by atoms with Crippen LogP contribution in [0.15, 0.2) is 30.6 Å². The second-order valence-electron chi connectivity index (χ2n) is 6.34. The van der Waals surface area contributed by atoms with Gasteiger partial charge in [-0.1, -0.05) is 32.0 Å². The Balaban J connectivity index is 2.15. The van der Waals surface area contributed by atoms with Gasteiger partial charge in [-0.15, -0.1) is 0 Å². The summed E-state index contributed by atoms with van der Waals surface area (Å²) < 4.78 is 0. The highest BCUT2D eigenvalue weighted by atomic mass is 15.1. The van der Waals surface area contributed by atoms with E-state index in [-0.39, 0.29) is 0 Å². The first-order valence-electron chi connectivity index (χ1n) is 8.04. The minimum atomic E-state index is 0.455. The van der Waals surface area contributed by atoms with Crippen LogP contribution in [0.1, 0.15) is 30.9 Å². The number of rotatable bonds is 7. The highest BCUT2D eigenvalue weighted by Gasteiger charge is 2.10. The van der Waals surface area contributed by atoms with Crippen LogP contribution in [-0.2, 0) is 0 Å². The molecule has 5 nitrogen and oxygen atoms in total. The zero-order valence-corrected chi connectivity index (χ0v) is 14.7. The van der Waals surface area contributed by atoms with Crippen LogP contribution in [0, 0.1) is 6.92 Å². The number of benzene rings is 1. The third-order valence-electron chi connectivity index (χ3n) is 3.71. The molecule has 0 aliphatic rings. The standard InChI is InChI=1S/C18H27N5/c1-13(2)15-8-6-7-14(3)18(15)22-17-11-16(20-12-21-17)19-9-10-23(4)5/h6-8,11-13H,9-10H2,1-5H3,(H2,19,20,21,22). The van der Waals surface area contributed by atoms with Gasteiger partial charge in [-0.25, -0.2) is 9.97 Å². The van der Waals surface area contributed by atoms with E-state index in [1.165, 1.54) is 11.1 Å². The molecule has 2 N–H and O–H groups in total. The predicted molar refractivity (Wildman–Crippen MR) is 97.6 cm³/mol. The number of nitrogens with one attached hydrogen (secondary N) is 2. The molecule has 0 bridgehead atoms. The van der Waals surface area contributed by atoms with Gasteiger partial charge < -0.3 is 15.5 Å². The Labute approximate surface area is 139 Å². The summed E-state index contributed by atoms with van der Waals surface area (Å²) in [6.45, 7) is 8.33. The quantitative estimate of drug-likeness (QED) is 0.817. The second kappa shape index (κ2) is 7.92. The van der Waals surface area contributed by atoms with Crippen LogP contribution in [0.5, 0.6) is 0 Å². The van der Waals surface area contributed by atoms with Crippen LogP contribution >= 0.6 is 0 Å². The number of nitrogens with zero attached hydrogens (tertiary/aromatic N) is 3. The van der Waals surface area contributed by atoms with E-state index >= 15 is 0 Å². The van der Waals surface area contributed by atoms with E-state index in [0.29, 0.717) is 5.92 Å². The smallest absolute Gasteiger partial charge is 0.135 e. The third kappa shape index (κ3) is 4.93. The average Bonchev–Trinajstić information content (AvgIpc) is 2.49. The minimum absolute atomic E-state index is 0.455. The summed E-state index contributed by atoms with van der Waals surface area (Å²) in [5, 5.41) is 6.78. The van der Waals surface area contributed by atoms with Crippen molar-refractivity contribution < 1.29 is 0 Å². The molecular weight excluding hydrogens is 286 g/mol. The molecule has 0 atom stereocenters. The Hall–Kier alpha value is -2.14. The highest BCUT2D eigenvalue weighted by Crippen LogP contribution is 2.29. The Bertz CT molecular complexity index is 637. The molecule has 0 aliphatic heterocycles. The van der Waals surface area contributed by atoms with Crippen molar-refractivity contribution in [3.63, 3.8) is 0 Å². The highest BCUT2D eigenvalue weighted by molar-refractivity contribution is 5.66. The van der Waals surface area contributed by atoms with Gasteiger partial charge in [-0.05, 0) is 38.1 Å². The molecular formula is C18H27N5. The summed E-state index contributed by atoms with van der Waals surface area (Å²) in [6, 6.07) is 8.33. The van der Waals surface area contributed by atoms with Gasteiger partial charge in [0.05, 0.1) is 0 Å². The number of likely N-dealkylation sites (N-methyl/N-ethyl adjacent to an activating group) is 1. The summed E-state index contributed by atoms with van der Waals surface area (Å²) in [5.74, 6) is 2.10. The lowest BCUT2D eigenvalue weighted by molar-refractivity contribution is 0.425. The molecule has 0 saturated carbocycles. The molecule has 0 saturated heterocycles. The van der Waals surface area contributed by atoms with Crippen molar-refractivity contribution >= 4 is 17.3 Å². The molecule has 124 valence electrons. The van der Waals surface area contributed by atoms with Crippen LogP contribution < -0.4 is 10.6 Å². The van der Waals surface area contributed by atoms with Crippen LogP contribution in [0.3, 0.4) is 0 Å². The van der Waals surface area contributed by atoms with Gasteiger partial charge in [-0.3, -0.25) is 0 Å². The molecule has 0 amide bonds. The third-order valence-corrected chi connectivity index (χ3v) is 3.71. The zero-order chi connectivity index (χ0) is 16.8. The van der Waals surface area contributed by atoms with Crippen molar-refractivity contribution in [2.75, 3.05) is 37.8 Å². The minimum Gasteiger partial charge on any atom is -0.369 e. The summed E-state index contributed by atoms with van der Waals surface area (Å²) in [4.78, 5) is 10.8. The molecule has 1 aromatic carbocycles. The van der Waals surface area contributed by atoms with Gasteiger partial charge in [0.1, 0.15) is 18.0 Å². The summed E-state index contributed by atoms with van der Waals surface area (Å²) >= 11 is 0. The zero-order valence-electron chi connectivity index (χ0n) is 14.7. The topological polar surface area (TPSA) is 53.1 Å². The van der Waals surface area contributed by atoms with Crippen molar-refractivity contribution in [2.24, 2.45) is 0 Å². The van der Waals surface area contributed by atoms with Crippen molar-refractivity contribution in [3.8, 4) is 0 Å². The number of anilines is 3. The van der Waals surface area contributed by atoms with Gasteiger partial charge in [-0.2, -0.15) is 0 Å². The van der Waals surface area contributed by atoms with Gasteiger partial charge in [0.2, 0.25) is 0 Å². The van der Waals surface area contributed by atoms with Crippen LogP contribution in [0.2, 0.25) is 0 Å². The number of aromatic nitrogens is 2. The van der Waals surface area contributed by atoms with Crippen molar-refractivity contribution in [2.45, 2.75) is 26.7 Å². The van der Waals surface area contributed by atoms with Crippen molar-refractivity contribution in [1.29, 1.82) is 0 Å². The second-order valence-corrected chi connectivity index (χ2v) is 6.34. The van der Waals surface area contributed by atoms with Gasteiger partial charge in [0.25, 0.3) is 0 Å². The van der Waals surface area contributed by atoms with Gasteiger partial charge >= 0.3 is 0 Å². The van der Waals surface area contributed by atoms with Crippen LogP contribution in [-0.4, -0.2) is 42.1 Å². The van der Waals surface area contributed by atoms with Gasteiger partial charge in [0.15, 0.2) is 0 Å². The molecule has 0 radical (unpaired) electrons. The lowest BCUT2D eigenvalue weighted by atomic mass is 9.98. The largest absolute Gasteiger partial charge is 0.369 e. The maximum atomic E-state index is 4.35. The lowest BCUT2D eigenvalue weighted by Crippen LogP contribution is -2.21. The molecule has 1 heterocycles. The number of aryl methyl sites for hydroxylation is 1. The SMILES string of the molecule is Cc1cccc(C(C)C)c1Nc1cc(NCCN(C)C)ncn1. The number of hydrogen-bond donors (Lipinski definition) is 2. The lowest BCUT2D eigenvalue weighted by Gasteiger charge is -2.17. The Morgan fingerprint density at radius 3 is 2.57 bits per heavy atom. The molecule has 23 heavy (non-hydrogen) atoms. The summed E-state index contributed by atoms with van der Waals surface area (Å²) in [5.41, 5.74) is 3.66. The molecule has 0 fully saturated rings. The first kappa shape index (κ1) is 17.2. The van der Waals surface area contributed by atoms with E-state index in [1.54, 1.807) is 6.33 Å². The van der Waals surface area contributed by atoms with E-state index in [2.05, 4.69) is 78.6 Å². The van der Waals surface area contributed by atoms with E-state index in [9.17, 15) is 0 Å². The Kier molecular flexibility index (Phi) is 5.93. The molecule has 0 aliphatic carbocycles. The first-order chi connectivity index (χ1) is 11.0. The number of para-hydroxylation sites is 1. The molecule has 2 rings (SSSR count). The van der Waals surface area contributed by atoms with Gasteiger partial charge in [0, 0.05) is 24.8 Å². The normalized spacial score (nSPS) is 11.1. The Morgan fingerprint density at radius 2 is 1.87 bits per heavy atom. The summed E-state index contributed by atoms with van der Waals surface area (Å²) in [7, 11) is 4.11. The van der Waals surface area contributed by atoms with E-state index in [4.69, 9.17) is 0 Å². The van der Waals surface area contributed by atoms with E-state index in [0.717, 1.165) is 30.4 Å². The monoisotopic (exact) mass is 313 g/mol. The fourth-order valence-electron chi connectivity index (χ4n) is 2.40. The van der Waals surface area contributed by atoms with Crippen molar-refractivity contribution in [1.82, 2.24) is 14.9 Å². The number of hydrogen-bond acceptors (Lipinski definition) is 5. The molecule has 0 unspecified atom stereocenters. The molecule has 1 aromatic heterocycles. The maximum Gasteiger partial charge on any atom is 0.135 e. The molecule has 5 heteroatoms. The van der Waals surface area contributed by atoms with E-state index in [1.807, 2.05) is 6.07 Å². The molecule has 2 aromatic rings.